The predicted molar refractivity (Wildman–Crippen MR) is 114 cm³/mol. The summed E-state index contributed by atoms with van der Waals surface area (Å²) < 4.78 is 18.2. The minimum atomic E-state index is -0.327. The standard InChI is InChI=1S/C22H26N4O4/c1-28-18-8-5-9-19(29-2)20(18)21(27)24-22-23-16-6-3-4-7-17(16)26(22)11-10-25-12-14-30-15-13-25/h3-9H,10-15H2,1-2H3,(H,23,24,27). The molecule has 0 saturated carbocycles. The number of imidazole rings is 1. The minimum Gasteiger partial charge on any atom is -0.496 e. The third-order valence-corrected chi connectivity index (χ3v) is 5.28. The van der Waals surface area contributed by atoms with E-state index in [1.807, 2.05) is 28.8 Å². The Bertz CT molecular complexity index is 1000. The van der Waals surface area contributed by atoms with Crippen molar-refractivity contribution in [1.29, 1.82) is 0 Å². The van der Waals surface area contributed by atoms with Crippen LogP contribution in [0.1, 0.15) is 10.4 Å². The first kappa shape index (κ1) is 20.2. The van der Waals surface area contributed by atoms with Gasteiger partial charge in [0.2, 0.25) is 5.95 Å². The number of methoxy groups -OCH3 is 2. The van der Waals surface area contributed by atoms with E-state index in [4.69, 9.17) is 14.2 Å². The number of carbonyl (C=O) groups excluding carboxylic acids is 1. The Morgan fingerprint density at radius 3 is 2.43 bits per heavy atom. The number of benzene rings is 2. The molecule has 158 valence electrons. The number of fused-ring (bicyclic) bond motifs is 1. The highest BCUT2D eigenvalue weighted by Crippen LogP contribution is 2.29. The van der Waals surface area contributed by atoms with Gasteiger partial charge in [0.25, 0.3) is 5.91 Å². The molecule has 1 aliphatic heterocycles. The molecule has 8 heteroatoms. The van der Waals surface area contributed by atoms with Crippen LogP contribution in [0.2, 0.25) is 0 Å². The van der Waals surface area contributed by atoms with E-state index >= 15 is 0 Å². The summed E-state index contributed by atoms with van der Waals surface area (Å²) in [6, 6.07) is 13.1. The number of anilines is 1. The van der Waals surface area contributed by atoms with Crippen LogP contribution >= 0.6 is 0 Å². The molecule has 1 amide bonds. The lowest BCUT2D eigenvalue weighted by molar-refractivity contribution is 0.0366. The van der Waals surface area contributed by atoms with Crippen LogP contribution in [0.15, 0.2) is 42.5 Å². The first-order valence-corrected chi connectivity index (χ1v) is 9.99. The number of morpholine rings is 1. The molecule has 1 saturated heterocycles. The molecular formula is C22H26N4O4. The molecule has 1 aliphatic rings. The molecule has 0 unspecified atom stereocenters. The predicted octanol–water partition coefficient (Wildman–Crippen LogP) is 2.64. The van der Waals surface area contributed by atoms with Gasteiger partial charge in [-0.15, -0.1) is 0 Å². The summed E-state index contributed by atoms with van der Waals surface area (Å²) >= 11 is 0. The van der Waals surface area contributed by atoms with Crippen LogP contribution < -0.4 is 14.8 Å². The molecule has 0 aliphatic carbocycles. The number of nitrogens with zero attached hydrogens (tertiary/aromatic N) is 3. The van der Waals surface area contributed by atoms with E-state index in [9.17, 15) is 4.79 Å². The van der Waals surface area contributed by atoms with E-state index in [2.05, 4.69) is 15.2 Å². The zero-order valence-electron chi connectivity index (χ0n) is 17.3. The summed E-state index contributed by atoms with van der Waals surface area (Å²) in [5.41, 5.74) is 2.16. The van der Waals surface area contributed by atoms with Crippen molar-refractivity contribution in [2.24, 2.45) is 0 Å². The highest BCUT2D eigenvalue weighted by Gasteiger charge is 2.21. The van der Waals surface area contributed by atoms with Gasteiger partial charge in [-0.05, 0) is 24.3 Å². The van der Waals surface area contributed by atoms with Gasteiger partial charge in [0, 0.05) is 26.2 Å². The summed E-state index contributed by atoms with van der Waals surface area (Å²) in [6.45, 7) is 4.88. The topological polar surface area (TPSA) is 77.8 Å². The van der Waals surface area contributed by atoms with Crippen molar-refractivity contribution in [3.63, 3.8) is 0 Å². The molecule has 0 atom stereocenters. The average molecular weight is 410 g/mol. The molecule has 0 bridgehead atoms. The summed E-state index contributed by atoms with van der Waals surface area (Å²) in [5.74, 6) is 1.07. The Balaban J connectivity index is 1.63. The van der Waals surface area contributed by atoms with Gasteiger partial charge < -0.3 is 18.8 Å². The first-order valence-electron chi connectivity index (χ1n) is 9.99. The molecular weight excluding hydrogens is 384 g/mol. The van der Waals surface area contributed by atoms with Crippen LogP contribution in [-0.2, 0) is 11.3 Å². The van der Waals surface area contributed by atoms with Crippen molar-refractivity contribution in [1.82, 2.24) is 14.5 Å². The lowest BCUT2D eigenvalue weighted by Crippen LogP contribution is -2.38. The van der Waals surface area contributed by atoms with E-state index < -0.39 is 0 Å². The van der Waals surface area contributed by atoms with Crippen LogP contribution in [0.5, 0.6) is 11.5 Å². The van der Waals surface area contributed by atoms with Gasteiger partial charge in [-0.3, -0.25) is 15.0 Å². The number of hydrogen-bond donors (Lipinski definition) is 1. The zero-order chi connectivity index (χ0) is 20.9. The molecule has 30 heavy (non-hydrogen) atoms. The van der Waals surface area contributed by atoms with Gasteiger partial charge in [0.15, 0.2) is 0 Å². The van der Waals surface area contributed by atoms with E-state index in [0.717, 1.165) is 43.9 Å². The molecule has 1 N–H and O–H groups in total. The van der Waals surface area contributed by atoms with Crippen LogP contribution in [0.3, 0.4) is 0 Å². The Hall–Kier alpha value is -3.10. The monoisotopic (exact) mass is 410 g/mol. The number of aromatic nitrogens is 2. The van der Waals surface area contributed by atoms with Crippen LogP contribution in [0.25, 0.3) is 11.0 Å². The van der Waals surface area contributed by atoms with Gasteiger partial charge in [-0.1, -0.05) is 18.2 Å². The minimum absolute atomic E-state index is 0.327. The van der Waals surface area contributed by atoms with E-state index in [1.54, 1.807) is 18.2 Å². The largest absolute Gasteiger partial charge is 0.496 e. The Labute approximate surface area is 175 Å². The number of carbonyl (C=O) groups is 1. The second-order valence-electron chi connectivity index (χ2n) is 7.02. The van der Waals surface area contributed by atoms with Gasteiger partial charge >= 0.3 is 0 Å². The number of para-hydroxylation sites is 2. The zero-order valence-corrected chi connectivity index (χ0v) is 17.3. The van der Waals surface area contributed by atoms with Crippen molar-refractivity contribution in [2.75, 3.05) is 52.4 Å². The summed E-state index contributed by atoms with van der Waals surface area (Å²) in [6.07, 6.45) is 0. The number of nitrogens with one attached hydrogen (secondary N) is 1. The Morgan fingerprint density at radius 1 is 1.03 bits per heavy atom. The summed E-state index contributed by atoms with van der Waals surface area (Å²) in [7, 11) is 3.06. The van der Waals surface area contributed by atoms with Gasteiger partial charge in [-0.25, -0.2) is 4.98 Å². The van der Waals surface area contributed by atoms with Crippen molar-refractivity contribution in [3.8, 4) is 11.5 Å². The fourth-order valence-corrected chi connectivity index (χ4v) is 3.70. The summed E-state index contributed by atoms with van der Waals surface area (Å²) in [4.78, 5) is 20.2. The molecule has 4 rings (SSSR count). The highest BCUT2D eigenvalue weighted by molar-refractivity contribution is 6.08. The molecule has 2 aromatic carbocycles. The first-order chi connectivity index (χ1) is 14.7. The van der Waals surface area contributed by atoms with Gasteiger partial charge in [0.05, 0.1) is 38.5 Å². The molecule has 1 aromatic heterocycles. The van der Waals surface area contributed by atoms with Gasteiger partial charge in [0.1, 0.15) is 17.1 Å². The molecule has 3 aromatic rings. The molecule has 8 nitrogen and oxygen atoms in total. The van der Waals surface area contributed by atoms with E-state index in [-0.39, 0.29) is 5.91 Å². The lowest BCUT2D eigenvalue weighted by atomic mass is 10.1. The molecule has 2 heterocycles. The van der Waals surface area contributed by atoms with Crippen LogP contribution in [0, 0.1) is 0 Å². The highest BCUT2D eigenvalue weighted by atomic mass is 16.5. The normalized spacial score (nSPS) is 14.6. The fraction of sp³-hybridized carbons (Fsp3) is 0.364. The maximum absolute atomic E-state index is 13.2. The SMILES string of the molecule is COc1cccc(OC)c1C(=O)Nc1nc2ccccc2n1CCN1CCOCC1. The smallest absolute Gasteiger partial charge is 0.265 e. The Kier molecular flexibility index (Phi) is 6.15. The number of amides is 1. The molecule has 0 radical (unpaired) electrons. The van der Waals surface area contributed by atoms with Crippen molar-refractivity contribution < 1.29 is 19.0 Å². The maximum atomic E-state index is 13.2. The van der Waals surface area contributed by atoms with E-state index in [0.29, 0.717) is 29.6 Å². The third kappa shape index (κ3) is 4.10. The van der Waals surface area contributed by atoms with Crippen molar-refractivity contribution in [3.05, 3.63) is 48.0 Å². The number of hydrogen-bond acceptors (Lipinski definition) is 6. The average Bonchev–Trinajstić information content (AvgIpc) is 3.14. The third-order valence-electron chi connectivity index (χ3n) is 5.28. The molecule has 0 spiro atoms. The van der Waals surface area contributed by atoms with Gasteiger partial charge in [-0.2, -0.15) is 0 Å². The second kappa shape index (κ2) is 9.15. The molecule has 1 fully saturated rings. The second-order valence-corrected chi connectivity index (χ2v) is 7.02. The fourth-order valence-electron chi connectivity index (χ4n) is 3.70. The maximum Gasteiger partial charge on any atom is 0.265 e. The van der Waals surface area contributed by atoms with E-state index in [1.165, 1.54) is 14.2 Å². The number of ether oxygens (including phenoxy) is 3. The van der Waals surface area contributed by atoms with Crippen molar-refractivity contribution >= 4 is 22.9 Å². The van der Waals surface area contributed by atoms with Crippen LogP contribution in [0.4, 0.5) is 5.95 Å². The van der Waals surface area contributed by atoms with Crippen LogP contribution in [-0.4, -0.2) is 67.4 Å². The Morgan fingerprint density at radius 2 is 1.73 bits per heavy atom. The lowest BCUT2D eigenvalue weighted by Gasteiger charge is -2.27. The number of rotatable bonds is 7. The quantitative estimate of drug-likeness (QED) is 0.645. The van der Waals surface area contributed by atoms with Crippen molar-refractivity contribution in [2.45, 2.75) is 6.54 Å². The summed E-state index contributed by atoms with van der Waals surface area (Å²) in [5, 5.41) is 2.96.